The summed E-state index contributed by atoms with van der Waals surface area (Å²) >= 11 is 7.46. The fourth-order valence-electron chi connectivity index (χ4n) is 2.68. The molecule has 0 aliphatic heterocycles. The van der Waals surface area contributed by atoms with E-state index in [1.165, 1.54) is 11.3 Å². The molecule has 0 bridgehead atoms. The van der Waals surface area contributed by atoms with Gasteiger partial charge in [0.25, 0.3) is 0 Å². The first-order valence-corrected chi connectivity index (χ1v) is 9.48. The van der Waals surface area contributed by atoms with Crippen molar-refractivity contribution >= 4 is 39.7 Å². The predicted molar refractivity (Wildman–Crippen MR) is 108 cm³/mol. The zero-order valence-electron chi connectivity index (χ0n) is 14.6. The van der Waals surface area contributed by atoms with E-state index in [2.05, 4.69) is 12.1 Å². The van der Waals surface area contributed by atoms with Crippen molar-refractivity contribution < 1.29 is 9.90 Å². The Kier molecular flexibility index (Phi) is 5.59. The summed E-state index contributed by atoms with van der Waals surface area (Å²) in [5.74, 6) is -0.824. The smallest absolute Gasteiger partial charge is 0.305 e. The second-order valence-corrected chi connectivity index (χ2v) is 7.38. The maximum Gasteiger partial charge on any atom is 0.305 e. The van der Waals surface area contributed by atoms with Crippen LogP contribution in [0.5, 0.6) is 0 Å². The number of aliphatic carboxylic acids is 1. The van der Waals surface area contributed by atoms with Crippen molar-refractivity contribution in [1.29, 1.82) is 0 Å². The largest absolute Gasteiger partial charge is 0.481 e. The average molecular weight is 387 g/mol. The Labute approximate surface area is 161 Å². The van der Waals surface area contributed by atoms with Gasteiger partial charge in [-0.05, 0) is 43.2 Å². The summed E-state index contributed by atoms with van der Waals surface area (Å²) in [6.45, 7) is 4.42. The lowest BCUT2D eigenvalue weighted by Gasteiger charge is -2.23. The van der Waals surface area contributed by atoms with Gasteiger partial charge in [0.15, 0.2) is 5.13 Å². The van der Waals surface area contributed by atoms with E-state index >= 15 is 0 Å². The topological polar surface area (TPSA) is 53.4 Å². The summed E-state index contributed by atoms with van der Waals surface area (Å²) in [7, 11) is 0. The van der Waals surface area contributed by atoms with Crippen molar-refractivity contribution in [3.05, 3.63) is 64.0 Å². The molecule has 0 amide bonds. The van der Waals surface area contributed by atoms with Crippen molar-refractivity contribution in [2.45, 2.75) is 20.3 Å². The number of hydrogen-bond donors (Lipinski definition) is 1. The van der Waals surface area contributed by atoms with Crippen molar-refractivity contribution in [3.63, 3.8) is 0 Å². The number of nitrogens with zero attached hydrogens (tertiary/aromatic N) is 2. The van der Waals surface area contributed by atoms with Gasteiger partial charge < -0.3 is 10.0 Å². The summed E-state index contributed by atoms with van der Waals surface area (Å²) in [5, 5.41) is 12.6. The molecule has 2 aromatic carbocycles. The van der Waals surface area contributed by atoms with E-state index < -0.39 is 5.97 Å². The van der Waals surface area contributed by atoms with E-state index in [4.69, 9.17) is 21.7 Å². The molecule has 0 saturated heterocycles. The molecule has 0 fully saturated rings. The Hall–Kier alpha value is -2.37. The molecule has 0 unspecified atom stereocenters. The van der Waals surface area contributed by atoms with Crippen LogP contribution < -0.4 is 4.90 Å². The second-order valence-electron chi connectivity index (χ2n) is 6.11. The molecule has 1 aromatic heterocycles. The number of aromatic nitrogens is 1. The third-order valence-corrected chi connectivity index (χ3v) is 5.18. The normalized spacial score (nSPS) is 10.7. The maximum absolute atomic E-state index is 11.1. The molecule has 4 nitrogen and oxygen atoms in total. The van der Waals surface area contributed by atoms with Crippen molar-refractivity contribution in [2.24, 2.45) is 0 Å². The van der Waals surface area contributed by atoms with E-state index in [1.807, 2.05) is 54.5 Å². The molecule has 0 saturated carbocycles. The third kappa shape index (κ3) is 4.23. The predicted octanol–water partition coefficient (Wildman–Crippen LogP) is 5.69. The monoisotopic (exact) mass is 386 g/mol. The highest BCUT2D eigenvalue weighted by molar-refractivity contribution is 7.14. The minimum atomic E-state index is -0.824. The molecule has 0 radical (unpaired) electrons. The summed E-state index contributed by atoms with van der Waals surface area (Å²) in [6, 6.07) is 13.7. The Morgan fingerprint density at radius 1 is 1.19 bits per heavy atom. The first-order chi connectivity index (χ1) is 12.4. The molecule has 134 valence electrons. The highest BCUT2D eigenvalue weighted by Crippen LogP contribution is 2.34. The summed E-state index contributed by atoms with van der Waals surface area (Å²) < 4.78 is 0. The van der Waals surface area contributed by atoms with Crippen LogP contribution in [0.15, 0.2) is 47.8 Å². The lowest BCUT2D eigenvalue weighted by molar-refractivity contribution is -0.136. The van der Waals surface area contributed by atoms with Gasteiger partial charge in [-0.25, -0.2) is 4.98 Å². The fourth-order valence-corrected chi connectivity index (χ4v) is 3.68. The number of benzene rings is 2. The lowest BCUT2D eigenvalue weighted by Crippen LogP contribution is -2.21. The number of thiazole rings is 1. The number of carbonyl (C=O) groups is 1. The standard InChI is InChI=1S/C20H19ClN2O2S/c1-13-3-4-14(2)18(11-13)23(10-9-19(24)25)20-22-17(12-26-20)15-5-7-16(21)8-6-15/h3-8,11-12H,9-10H2,1-2H3,(H,24,25). The summed E-state index contributed by atoms with van der Waals surface area (Å²) in [4.78, 5) is 17.9. The van der Waals surface area contributed by atoms with Gasteiger partial charge in [-0.3, -0.25) is 4.79 Å². The number of carboxylic acids is 1. The zero-order valence-corrected chi connectivity index (χ0v) is 16.1. The molecule has 1 N–H and O–H groups in total. The van der Waals surface area contributed by atoms with Crippen LogP contribution in [-0.4, -0.2) is 22.6 Å². The number of anilines is 2. The Morgan fingerprint density at radius 3 is 2.62 bits per heavy atom. The van der Waals surface area contributed by atoms with Crippen LogP contribution in [0.3, 0.4) is 0 Å². The van der Waals surface area contributed by atoms with Crippen molar-refractivity contribution in [3.8, 4) is 11.3 Å². The van der Waals surface area contributed by atoms with Gasteiger partial charge in [-0.15, -0.1) is 11.3 Å². The van der Waals surface area contributed by atoms with E-state index in [9.17, 15) is 4.79 Å². The first kappa shape index (κ1) is 18.4. The van der Waals surface area contributed by atoms with E-state index in [-0.39, 0.29) is 6.42 Å². The van der Waals surface area contributed by atoms with Gasteiger partial charge in [-0.2, -0.15) is 0 Å². The molecule has 1 heterocycles. The van der Waals surface area contributed by atoms with Gasteiger partial charge in [0, 0.05) is 28.2 Å². The quantitative estimate of drug-likeness (QED) is 0.591. The van der Waals surface area contributed by atoms with Crippen LogP contribution in [0, 0.1) is 13.8 Å². The van der Waals surface area contributed by atoms with Gasteiger partial charge in [-0.1, -0.05) is 35.9 Å². The third-order valence-electron chi connectivity index (χ3n) is 4.07. The summed E-state index contributed by atoms with van der Waals surface area (Å²) in [5.41, 5.74) is 5.04. The number of halogens is 1. The SMILES string of the molecule is Cc1ccc(C)c(N(CCC(=O)O)c2nc(-c3ccc(Cl)cc3)cs2)c1. The average Bonchev–Trinajstić information content (AvgIpc) is 3.08. The maximum atomic E-state index is 11.1. The highest BCUT2D eigenvalue weighted by Gasteiger charge is 2.17. The van der Waals surface area contributed by atoms with Crippen LogP contribution in [0.2, 0.25) is 5.02 Å². The molecular weight excluding hydrogens is 368 g/mol. The Bertz CT molecular complexity index is 922. The molecule has 3 aromatic rings. The fraction of sp³-hybridized carbons (Fsp3) is 0.200. The molecule has 3 rings (SSSR count). The first-order valence-electron chi connectivity index (χ1n) is 8.22. The number of hydrogen-bond acceptors (Lipinski definition) is 4. The minimum absolute atomic E-state index is 0.0449. The number of aryl methyl sites for hydroxylation is 2. The highest BCUT2D eigenvalue weighted by atomic mass is 35.5. The second kappa shape index (κ2) is 7.89. The number of carboxylic acid groups (broad SMARTS) is 1. The zero-order chi connectivity index (χ0) is 18.7. The molecular formula is C20H19ClN2O2S. The molecule has 0 atom stereocenters. The van der Waals surface area contributed by atoms with Gasteiger partial charge in [0.05, 0.1) is 12.1 Å². The lowest BCUT2D eigenvalue weighted by atomic mass is 10.1. The van der Waals surface area contributed by atoms with Crippen LogP contribution in [-0.2, 0) is 4.79 Å². The van der Waals surface area contributed by atoms with E-state index in [0.717, 1.165) is 33.2 Å². The van der Waals surface area contributed by atoms with Crippen molar-refractivity contribution in [1.82, 2.24) is 4.98 Å². The molecule has 26 heavy (non-hydrogen) atoms. The molecule has 0 spiro atoms. The Morgan fingerprint density at radius 2 is 1.92 bits per heavy atom. The van der Waals surface area contributed by atoms with Gasteiger partial charge in [0.1, 0.15) is 0 Å². The van der Waals surface area contributed by atoms with Crippen LogP contribution >= 0.6 is 22.9 Å². The Balaban J connectivity index is 1.98. The van der Waals surface area contributed by atoms with Gasteiger partial charge in [0.2, 0.25) is 0 Å². The number of rotatable bonds is 6. The van der Waals surface area contributed by atoms with E-state index in [1.54, 1.807) is 0 Å². The van der Waals surface area contributed by atoms with Crippen LogP contribution in [0.25, 0.3) is 11.3 Å². The van der Waals surface area contributed by atoms with E-state index in [0.29, 0.717) is 11.6 Å². The van der Waals surface area contributed by atoms with Crippen LogP contribution in [0.1, 0.15) is 17.5 Å². The minimum Gasteiger partial charge on any atom is -0.481 e. The van der Waals surface area contributed by atoms with Crippen LogP contribution in [0.4, 0.5) is 10.8 Å². The molecule has 0 aliphatic rings. The molecule has 6 heteroatoms. The van der Waals surface area contributed by atoms with Crippen molar-refractivity contribution in [2.75, 3.05) is 11.4 Å². The molecule has 0 aliphatic carbocycles. The summed E-state index contributed by atoms with van der Waals surface area (Å²) in [6.07, 6.45) is 0.0449. The van der Waals surface area contributed by atoms with Gasteiger partial charge >= 0.3 is 5.97 Å².